The van der Waals surface area contributed by atoms with Crippen LogP contribution in [0.4, 0.5) is 0 Å². The molecule has 0 atom stereocenters. The fraction of sp³-hybridized carbons (Fsp3) is 0.417. The summed E-state index contributed by atoms with van der Waals surface area (Å²) < 4.78 is 0. The molecular formula is C12H15NOS. The molecule has 2 rings (SSSR count). The minimum Gasteiger partial charge on any atom is -0.350 e. The number of hydrogen-bond donors (Lipinski definition) is 1. The summed E-state index contributed by atoms with van der Waals surface area (Å²) in [4.78, 5) is 11.5. The van der Waals surface area contributed by atoms with E-state index in [0.29, 0.717) is 6.04 Å². The number of hydrogen-bond acceptors (Lipinski definition) is 2. The zero-order valence-electron chi connectivity index (χ0n) is 8.61. The third-order valence-electron chi connectivity index (χ3n) is 2.67. The zero-order valence-corrected chi connectivity index (χ0v) is 9.43. The van der Waals surface area contributed by atoms with Crippen LogP contribution in [0.1, 0.15) is 31.2 Å². The number of nitrogens with one attached hydrogen (secondary N) is 1. The Morgan fingerprint density at radius 3 is 2.93 bits per heavy atom. The van der Waals surface area contributed by atoms with Gasteiger partial charge in [0.2, 0.25) is 5.91 Å². The Kier molecular flexibility index (Phi) is 3.56. The van der Waals surface area contributed by atoms with Gasteiger partial charge in [0.1, 0.15) is 0 Å². The lowest BCUT2D eigenvalue weighted by atomic mass is 10.2. The number of thiophene rings is 1. The molecule has 0 spiro atoms. The highest BCUT2D eigenvalue weighted by Crippen LogP contribution is 2.17. The van der Waals surface area contributed by atoms with E-state index in [1.807, 2.05) is 22.9 Å². The van der Waals surface area contributed by atoms with Crippen molar-refractivity contribution in [3.8, 4) is 0 Å². The summed E-state index contributed by atoms with van der Waals surface area (Å²) in [6, 6.07) is 2.41. The summed E-state index contributed by atoms with van der Waals surface area (Å²) in [6.07, 6.45) is 8.26. The van der Waals surface area contributed by atoms with Crippen LogP contribution in [-0.2, 0) is 4.79 Å². The molecule has 1 fully saturated rings. The van der Waals surface area contributed by atoms with E-state index >= 15 is 0 Å². The van der Waals surface area contributed by atoms with Crippen LogP contribution in [-0.4, -0.2) is 11.9 Å². The van der Waals surface area contributed by atoms with Crippen LogP contribution in [0.3, 0.4) is 0 Å². The normalized spacial score (nSPS) is 17.3. The number of carbonyl (C=O) groups is 1. The van der Waals surface area contributed by atoms with Gasteiger partial charge in [0.05, 0.1) is 0 Å². The molecule has 0 unspecified atom stereocenters. The Morgan fingerprint density at radius 2 is 2.27 bits per heavy atom. The van der Waals surface area contributed by atoms with Crippen molar-refractivity contribution in [2.45, 2.75) is 31.7 Å². The average Bonchev–Trinajstić information content (AvgIpc) is 2.86. The summed E-state index contributed by atoms with van der Waals surface area (Å²) in [5, 5.41) is 7.05. The third-order valence-corrected chi connectivity index (χ3v) is 3.37. The first-order valence-corrected chi connectivity index (χ1v) is 6.29. The maximum absolute atomic E-state index is 11.5. The summed E-state index contributed by atoms with van der Waals surface area (Å²) >= 11 is 1.64. The van der Waals surface area contributed by atoms with Crippen molar-refractivity contribution in [1.29, 1.82) is 0 Å². The highest BCUT2D eigenvalue weighted by Gasteiger charge is 2.15. The molecule has 0 radical (unpaired) electrons. The summed E-state index contributed by atoms with van der Waals surface area (Å²) in [5.41, 5.74) is 1.10. The van der Waals surface area contributed by atoms with Gasteiger partial charge in [0, 0.05) is 12.1 Å². The molecule has 0 aromatic carbocycles. The van der Waals surface area contributed by atoms with Crippen LogP contribution < -0.4 is 5.32 Å². The van der Waals surface area contributed by atoms with Gasteiger partial charge >= 0.3 is 0 Å². The quantitative estimate of drug-likeness (QED) is 0.781. The SMILES string of the molecule is O=C(/C=C/c1ccsc1)NC1CCCC1. The molecule has 1 saturated carbocycles. The number of rotatable bonds is 3. The fourth-order valence-electron chi connectivity index (χ4n) is 1.86. The monoisotopic (exact) mass is 221 g/mol. The van der Waals surface area contributed by atoms with E-state index in [2.05, 4.69) is 5.32 Å². The Labute approximate surface area is 94.0 Å². The van der Waals surface area contributed by atoms with Crippen LogP contribution >= 0.6 is 11.3 Å². The summed E-state index contributed by atoms with van der Waals surface area (Å²) in [6.45, 7) is 0. The van der Waals surface area contributed by atoms with Crippen LogP contribution in [0.15, 0.2) is 22.9 Å². The van der Waals surface area contributed by atoms with Gasteiger partial charge in [-0.1, -0.05) is 12.8 Å². The fourth-order valence-corrected chi connectivity index (χ4v) is 2.49. The first-order chi connectivity index (χ1) is 7.34. The molecule has 0 bridgehead atoms. The predicted octanol–water partition coefficient (Wildman–Crippen LogP) is 2.82. The first kappa shape index (κ1) is 10.4. The first-order valence-electron chi connectivity index (χ1n) is 5.35. The second kappa shape index (κ2) is 5.12. The van der Waals surface area contributed by atoms with E-state index in [1.54, 1.807) is 17.4 Å². The van der Waals surface area contributed by atoms with Crippen LogP contribution in [0, 0.1) is 0 Å². The lowest BCUT2D eigenvalue weighted by molar-refractivity contribution is -0.117. The van der Waals surface area contributed by atoms with Crippen molar-refractivity contribution in [1.82, 2.24) is 5.32 Å². The van der Waals surface area contributed by atoms with E-state index in [9.17, 15) is 4.79 Å². The van der Waals surface area contributed by atoms with Crippen molar-refractivity contribution >= 4 is 23.3 Å². The van der Waals surface area contributed by atoms with Crippen molar-refractivity contribution in [3.05, 3.63) is 28.5 Å². The molecule has 1 aliphatic rings. The Hall–Kier alpha value is -1.09. The molecule has 1 aromatic rings. The van der Waals surface area contributed by atoms with Crippen molar-refractivity contribution in [2.75, 3.05) is 0 Å². The van der Waals surface area contributed by atoms with E-state index in [1.165, 1.54) is 12.8 Å². The van der Waals surface area contributed by atoms with E-state index in [4.69, 9.17) is 0 Å². The zero-order chi connectivity index (χ0) is 10.5. The maximum Gasteiger partial charge on any atom is 0.244 e. The molecule has 0 aliphatic heterocycles. The van der Waals surface area contributed by atoms with Gasteiger partial charge in [-0.15, -0.1) is 0 Å². The minimum atomic E-state index is 0.0353. The van der Waals surface area contributed by atoms with Crippen molar-refractivity contribution < 1.29 is 4.79 Å². The molecule has 0 saturated heterocycles. The second-order valence-corrected chi connectivity index (χ2v) is 4.66. The average molecular weight is 221 g/mol. The minimum absolute atomic E-state index is 0.0353. The van der Waals surface area contributed by atoms with Gasteiger partial charge in [0.25, 0.3) is 0 Å². The Bertz CT molecular complexity index is 337. The number of amides is 1. The highest BCUT2D eigenvalue weighted by molar-refractivity contribution is 7.08. The molecule has 15 heavy (non-hydrogen) atoms. The van der Waals surface area contributed by atoms with E-state index in [-0.39, 0.29) is 5.91 Å². The molecule has 3 heteroatoms. The summed E-state index contributed by atoms with van der Waals surface area (Å²) in [5.74, 6) is 0.0353. The van der Waals surface area contributed by atoms with Gasteiger partial charge in [-0.3, -0.25) is 4.79 Å². The predicted molar refractivity (Wildman–Crippen MR) is 63.8 cm³/mol. The van der Waals surface area contributed by atoms with Gasteiger partial charge in [-0.2, -0.15) is 11.3 Å². The molecule has 2 nitrogen and oxygen atoms in total. The van der Waals surface area contributed by atoms with Gasteiger partial charge < -0.3 is 5.32 Å². The standard InChI is InChI=1S/C12H15NOS/c14-12(13-11-3-1-2-4-11)6-5-10-7-8-15-9-10/h5-9,11H,1-4H2,(H,13,14)/b6-5+. The molecule has 1 amide bonds. The smallest absolute Gasteiger partial charge is 0.244 e. The lowest BCUT2D eigenvalue weighted by Crippen LogP contribution is -2.30. The number of carbonyl (C=O) groups excluding carboxylic acids is 1. The molecule has 1 N–H and O–H groups in total. The molecule has 1 aromatic heterocycles. The topological polar surface area (TPSA) is 29.1 Å². The van der Waals surface area contributed by atoms with Gasteiger partial charge in [-0.05, 0) is 41.3 Å². The van der Waals surface area contributed by atoms with E-state index in [0.717, 1.165) is 18.4 Å². The molecule has 80 valence electrons. The Morgan fingerprint density at radius 1 is 1.47 bits per heavy atom. The second-order valence-electron chi connectivity index (χ2n) is 3.88. The van der Waals surface area contributed by atoms with Crippen molar-refractivity contribution in [2.24, 2.45) is 0 Å². The molecular weight excluding hydrogens is 206 g/mol. The van der Waals surface area contributed by atoms with Gasteiger partial charge in [-0.25, -0.2) is 0 Å². The van der Waals surface area contributed by atoms with E-state index < -0.39 is 0 Å². The Balaban J connectivity index is 1.81. The maximum atomic E-state index is 11.5. The third kappa shape index (κ3) is 3.20. The van der Waals surface area contributed by atoms with Crippen LogP contribution in [0.25, 0.3) is 6.08 Å². The van der Waals surface area contributed by atoms with Crippen LogP contribution in [0.5, 0.6) is 0 Å². The van der Waals surface area contributed by atoms with Crippen molar-refractivity contribution in [3.63, 3.8) is 0 Å². The summed E-state index contributed by atoms with van der Waals surface area (Å²) in [7, 11) is 0. The molecule has 1 heterocycles. The lowest BCUT2D eigenvalue weighted by Gasteiger charge is -2.08. The highest BCUT2D eigenvalue weighted by atomic mass is 32.1. The largest absolute Gasteiger partial charge is 0.350 e. The van der Waals surface area contributed by atoms with Gasteiger partial charge in [0.15, 0.2) is 0 Å². The molecule has 1 aliphatic carbocycles. The van der Waals surface area contributed by atoms with Crippen LogP contribution in [0.2, 0.25) is 0 Å².